The Morgan fingerprint density at radius 3 is 2.72 bits per heavy atom. The third kappa shape index (κ3) is 5.41. The fourth-order valence-corrected chi connectivity index (χ4v) is 1.79. The molecular formula is C14H21ClN2O. The van der Waals surface area contributed by atoms with E-state index in [1.807, 2.05) is 25.1 Å². The third-order valence-corrected chi connectivity index (χ3v) is 2.91. The minimum atomic E-state index is 0.0185. The van der Waals surface area contributed by atoms with Gasteiger partial charge in [-0.15, -0.1) is 0 Å². The number of carbonyl (C=O) groups is 1. The van der Waals surface area contributed by atoms with Gasteiger partial charge in [-0.25, -0.2) is 0 Å². The quantitative estimate of drug-likeness (QED) is 0.832. The van der Waals surface area contributed by atoms with E-state index in [4.69, 9.17) is 11.6 Å². The highest BCUT2D eigenvalue weighted by Crippen LogP contribution is 2.19. The van der Waals surface area contributed by atoms with Crippen LogP contribution >= 0.6 is 11.6 Å². The maximum atomic E-state index is 11.6. The molecule has 0 aliphatic heterocycles. The molecule has 1 aromatic rings. The minimum absolute atomic E-state index is 0.0185. The molecule has 0 saturated heterocycles. The van der Waals surface area contributed by atoms with Crippen LogP contribution in [-0.2, 0) is 4.79 Å². The lowest BCUT2D eigenvalue weighted by molar-refractivity contribution is -0.119. The second kappa shape index (κ2) is 7.27. The first-order valence-corrected chi connectivity index (χ1v) is 6.63. The van der Waals surface area contributed by atoms with Crippen LogP contribution in [0.25, 0.3) is 0 Å². The van der Waals surface area contributed by atoms with E-state index < -0.39 is 0 Å². The molecule has 0 aliphatic rings. The minimum Gasteiger partial charge on any atom is -0.376 e. The summed E-state index contributed by atoms with van der Waals surface area (Å²) < 4.78 is 0. The van der Waals surface area contributed by atoms with Crippen molar-refractivity contribution >= 4 is 23.2 Å². The zero-order valence-corrected chi connectivity index (χ0v) is 12.0. The normalized spacial score (nSPS) is 10.5. The van der Waals surface area contributed by atoms with E-state index in [-0.39, 0.29) is 5.91 Å². The SMILES string of the molecule is Cc1cc(Cl)ccc1NCC(=O)NCCC(C)C. The Kier molecular flexibility index (Phi) is 5.99. The van der Waals surface area contributed by atoms with Crippen molar-refractivity contribution in [1.82, 2.24) is 5.32 Å². The molecule has 0 fully saturated rings. The van der Waals surface area contributed by atoms with Gasteiger partial charge in [0.1, 0.15) is 0 Å². The molecule has 0 bridgehead atoms. The van der Waals surface area contributed by atoms with E-state index in [9.17, 15) is 4.79 Å². The standard InChI is InChI=1S/C14H21ClN2O/c1-10(2)6-7-16-14(18)9-17-13-5-4-12(15)8-11(13)3/h4-5,8,10,17H,6-7,9H2,1-3H3,(H,16,18). The van der Waals surface area contributed by atoms with E-state index in [1.165, 1.54) is 0 Å². The molecule has 2 N–H and O–H groups in total. The lowest BCUT2D eigenvalue weighted by Crippen LogP contribution is -2.31. The molecule has 0 spiro atoms. The van der Waals surface area contributed by atoms with Crippen molar-refractivity contribution in [2.75, 3.05) is 18.4 Å². The first kappa shape index (κ1) is 14.8. The highest BCUT2D eigenvalue weighted by molar-refractivity contribution is 6.30. The summed E-state index contributed by atoms with van der Waals surface area (Å²) in [4.78, 5) is 11.6. The van der Waals surface area contributed by atoms with Gasteiger partial charge in [0.05, 0.1) is 6.54 Å². The van der Waals surface area contributed by atoms with Crippen LogP contribution in [0.1, 0.15) is 25.8 Å². The smallest absolute Gasteiger partial charge is 0.239 e. The second-order valence-electron chi connectivity index (χ2n) is 4.85. The van der Waals surface area contributed by atoms with E-state index in [1.54, 1.807) is 0 Å². The fourth-order valence-electron chi connectivity index (χ4n) is 1.56. The predicted octanol–water partition coefficient (Wildman–Crippen LogP) is 3.22. The van der Waals surface area contributed by atoms with Crippen LogP contribution in [0.2, 0.25) is 5.02 Å². The largest absolute Gasteiger partial charge is 0.376 e. The molecule has 0 heterocycles. The number of benzene rings is 1. The van der Waals surface area contributed by atoms with Crippen molar-refractivity contribution < 1.29 is 4.79 Å². The fraction of sp³-hybridized carbons (Fsp3) is 0.500. The molecule has 4 heteroatoms. The van der Waals surface area contributed by atoms with Gasteiger partial charge in [0.15, 0.2) is 0 Å². The number of carbonyl (C=O) groups excluding carboxylic acids is 1. The Morgan fingerprint density at radius 2 is 2.11 bits per heavy atom. The van der Waals surface area contributed by atoms with Gasteiger partial charge in [0.2, 0.25) is 5.91 Å². The molecule has 0 radical (unpaired) electrons. The maximum Gasteiger partial charge on any atom is 0.239 e. The number of aryl methyl sites for hydroxylation is 1. The molecule has 0 aliphatic carbocycles. The average molecular weight is 269 g/mol. The van der Waals surface area contributed by atoms with Gasteiger partial charge in [0, 0.05) is 17.3 Å². The van der Waals surface area contributed by atoms with Crippen LogP contribution in [0.4, 0.5) is 5.69 Å². The second-order valence-corrected chi connectivity index (χ2v) is 5.28. The Hall–Kier alpha value is -1.22. The number of hydrogen-bond acceptors (Lipinski definition) is 2. The zero-order chi connectivity index (χ0) is 13.5. The van der Waals surface area contributed by atoms with Crippen molar-refractivity contribution in [3.05, 3.63) is 28.8 Å². The van der Waals surface area contributed by atoms with Gasteiger partial charge in [-0.1, -0.05) is 25.4 Å². The topological polar surface area (TPSA) is 41.1 Å². The van der Waals surface area contributed by atoms with Crippen molar-refractivity contribution in [3.8, 4) is 0 Å². The van der Waals surface area contributed by atoms with Crippen LogP contribution in [0, 0.1) is 12.8 Å². The molecule has 18 heavy (non-hydrogen) atoms. The van der Waals surface area contributed by atoms with Gasteiger partial charge < -0.3 is 10.6 Å². The molecule has 0 saturated carbocycles. The first-order chi connectivity index (χ1) is 8.49. The summed E-state index contributed by atoms with van der Waals surface area (Å²) in [5, 5.41) is 6.70. The van der Waals surface area contributed by atoms with Crippen molar-refractivity contribution in [3.63, 3.8) is 0 Å². The maximum absolute atomic E-state index is 11.6. The molecule has 0 atom stereocenters. The van der Waals surface area contributed by atoms with E-state index >= 15 is 0 Å². The summed E-state index contributed by atoms with van der Waals surface area (Å²) in [5.74, 6) is 0.627. The van der Waals surface area contributed by atoms with Crippen LogP contribution in [0.5, 0.6) is 0 Å². The van der Waals surface area contributed by atoms with Gasteiger partial charge in [-0.3, -0.25) is 4.79 Å². The molecule has 1 rings (SSSR count). The highest BCUT2D eigenvalue weighted by Gasteiger charge is 2.03. The number of hydrogen-bond donors (Lipinski definition) is 2. The van der Waals surface area contributed by atoms with Crippen LogP contribution in [0.3, 0.4) is 0 Å². The van der Waals surface area contributed by atoms with Gasteiger partial charge in [-0.2, -0.15) is 0 Å². The Labute approximate surface area is 114 Å². The summed E-state index contributed by atoms with van der Waals surface area (Å²) in [5.41, 5.74) is 1.98. The number of nitrogens with one attached hydrogen (secondary N) is 2. The Bertz CT molecular complexity index is 405. The number of rotatable bonds is 6. The van der Waals surface area contributed by atoms with Gasteiger partial charge in [-0.05, 0) is 43.0 Å². The van der Waals surface area contributed by atoms with Crippen molar-refractivity contribution in [1.29, 1.82) is 0 Å². The monoisotopic (exact) mass is 268 g/mol. The molecule has 100 valence electrons. The lowest BCUT2D eigenvalue weighted by atomic mass is 10.1. The van der Waals surface area contributed by atoms with Crippen molar-refractivity contribution in [2.24, 2.45) is 5.92 Å². The lowest BCUT2D eigenvalue weighted by Gasteiger charge is -2.11. The van der Waals surface area contributed by atoms with Gasteiger partial charge in [0.25, 0.3) is 0 Å². The summed E-state index contributed by atoms with van der Waals surface area (Å²) in [6, 6.07) is 5.58. The van der Waals surface area contributed by atoms with E-state index in [0.717, 1.165) is 24.2 Å². The van der Waals surface area contributed by atoms with Crippen molar-refractivity contribution in [2.45, 2.75) is 27.2 Å². The number of amides is 1. The number of anilines is 1. The molecule has 0 aromatic heterocycles. The third-order valence-electron chi connectivity index (χ3n) is 2.67. The predicted molar refractivity (Wildman–Crippen MR) is 77.1 cm³/mol. The molecule has 1 aromatic carbocycles. The van der Waals surface area contributed by atoms with Gasteiger partial charge >= 0.3 is 0 Å². The van der Waals surface area contributed by atoms with Crippen LogP contribution in [0.15, 0.2) is 18.2 Å². The highest BCUT2D eigenvalue weighted by atomic mass is 35.5. The molecule has 3 nitrogen and oxygen atoms in total. The summed E-state index contributed by atoms with van der Waals surface area (Å²) in [6.45, 7) is 7.27. The molecule has 1 amide bonds. The van der Waals surface area contributed by atoms with E-state index in [2.05, 4.69) is 24.5 Å². The Balaban J connectivity index is 2.33. The van der Waals surface area contributed by atoms with Crippen LogP contribution < -0.4 is 10.6 Å². The Morgan fingerprint density at radius 1 is 1.39 bits per heavy atom. The average Bonchev–Trinajstić information content (AvgIpc) is 2.27. The molecule has 0 unspecified atom stereocenters. The summed E-state index contributed by atoms with van der Waals surface area (Å²) in [7, 11) is 0. The zero-order valence-electron chi connectivity index (χ0n) is 11.2. The number of halogens is 1. The first-order valence-electron chi connectivity index (χ1n) is 6.25. The summed E-state index contributed by atoms with van der Waals surface area (Å²) in [6.07, 6.45) is 1.01. The molecular weight excluding hydrogens is 248 g/mol. The van der Waals surface area contributed by atoms with Crippen LogP contribution in [-0.4, -0.2) is 19.0 Å². The summed E-state index contributed by atoms with van der Waals surface area (Å²) >= 11 is 5.87. The van der Waals surface area contributed by atoms with E-state index in [0.29, 0.717) is 17.5 Å².